The number of nitrogens with zero attached hydrogens (tertiary/aromatic N) is 1. The molecule has 1 fully saturated rings. The second-order valence-electron chi connectivity index (χ2n) is 5.98. The van der Waals surface area contributed by atoms with Gasteiger partial charge in [-0.15, -0.1) is 0 Å². The first-order valence-corrected chi connectivity index (χ1v) is 7.90. The number of benzene rings is 2. The predicted octanol–water partition coefficient (Wildman–Crippen LogP) is 2.85. The zero-order valence-electron chi connectivity index (χ0n) is 12.7. The lowest BCUT2D eigenvalue weighted by Crippen LogP contribution is -2.46. The van der Waals surface area contributed by atoms with Crippen LogP contribution in [-0.2, 0) is 11.2 Å². The summed E-state index contributed by atoms with van der Waals surface area (Å²) in [5.41, 5.74) is 9.38. The van der Waals surface area contributed by atoms with E-state index in [4.69, 9.17) is 5.73 Å². The van der Waals surface area contributed by atoms with Crippen LogP contribution < -0.4 is 5.73 Å². The first kappa shape index (κ1) is 14.8. The van der Waals surface area contributed by atoms with Crippen molar-refractivity contribution in [3.05, 3.63) is 60.2 Å². The third kappa shape index (κ3) is 3.55. The summed E-state index contributed by atoms with van der Waals surface area (Å²) in [5, 5.41) is 0. The molecule has 1 heterocycles. The SMILES string of the molecule is NC1CCCN(C(=O)Cc2ccc(-c3ccccc3)cc2)C1. The van der Waals surface area contributed by atoms with Gasteiger partial charge in [-0.25, -0.2) is 0 Å². The monoisotopic (exact) mass is 294 g/mol. The highest BCUT2D eigenvalue weighted by Crippen LogP contribution is 2.20. The van der Waals surface area contributed by atoms with E-state index < -0.39 is 0 Å². The van der Waals surface area contributed by atoms with E-state index in [-0.39, 0.29) is 11.9 Å². The molecule has 1 saturated heterocycles. The molecule has 0 radical (unpaired) electrons. The van der Waals surface area contributed by atoms with Crippen LogP contribution in [0.25, 0.3) is 11.1 Å². The maximum absolute atomic E-state index is 12.3. The molecule has 0 bridgehead atoms. The van der Waals surface area contributed by atoms with E-state index in [0.29, 0.717) is 13.0 Å². The number of carbonyl (C=O) groups is 1. The van der Waals surface area contributed by atoms with Crippen molar-refractivity contribution in [2.75, 3.05) is 13.1 Å². The van der Waals surface area contributed by atoms with Crippen molar-refractivity contribution in [1.29, 1.82) is 0 Å². The summed E-state index contributed by atoms with van der Waals surface area (Å²) in [4.78, 5) is 14.2. The zero-order valence-corrected chi connectivity index (χ0v) is 12.7. The van der Waals surface area contributed by atoms with Crippen molar-refractivity contribution in [2.45, 2.75) is 25.3 Å². The first-order valence-electron chi connectivity index (χ1n) is 7.90. The Morgan fingerprint density at radius 3 is 2.41 bits per heavy atom. The fourth-order valence-corrected chi connectivity index (χ4v) is 2.97. The van der Waals surface area contributed by atoms with E-state index >= 15 is 0 Å². The molecule has 0 saturated carbocycles. The summed E-state index contributed by atoms with van der Waals surface area (Å²) in [6, 6.07) is 18.7. The highest BCUT2D eigenvalue weighted by Gasteiger charge is 2.21. The van der Waals surface area contributed by atoms with Gasteiger partial charge in [0.15, 0.2) is 0 Å². The summed E-state index contributed by atoms with van der Waals surface area (Å²) in [7, 11) is 0. The van der Waals surface area contributed by atoms with Crippen LogP contribution >= 0.6 is 0 Å². The fraction of sp³-hybridized carbons (Fsp3) is 0.316. The molecule has 0 spiro atoms. The molecule has 1 aliphatic rings. The number of likely N-dealkylation sites (tertiary alicyclic amines) is 1. The van der Waals surface area contributed by atoms with Crippen molar-refractivity contribution in [3.8, 4) is 11.1 Å². The van der Waals surface area contributed by atoms with E-state index in [1.807, 2.05) is 35.2 Å². The van der Waals surface area contributed by atoms with Crippen LogP contribution in [-0.4, -0.2) is 29.9 Å². The van der Waals surface area contributed by atoms with Gasteiger partial charge in [0.25, 0.3) is 0 Å². The van der Waals surface area contributed by atoms with E-state index in [1.54, 1.807) is 0 Å². The van der Waals surface area contributed by atoms with Gasteiger partial charge in [-0.1, -0.05) is 54.6 Å². The number of piperidine rings is 1. The molecule has 1 atom stereocenters. The number of rotatable bonds is 3. The summed E-state index contributed by atoms with van der Waals surface area (Å²) in [6.45, 7) is 1.54. The quantitative estimate of drug-likeness (QED) is 0.946. The predicted molar refractivity (Wildman–Crippen MR) is 89.4 cm³/mol. The van der Waals surface area contributed by atoms with Crippen LogP contribution in [0.15, 0.2) is 54.6 Å². The highest BCUT2D eigenvalue weighted by molar-refractivity contribution is 5.79. The van der Waals surface area contributed by atoms with Gasteiger partial charge in [-0.3, -0.25) is 4.79 Å². The molecule has 2 N–H and O–H groups in total. The molecule has 2 aromatic rings. The van der Waals surface area contributed by atoms with E-state index in [1.165, 1.54) is 11.1 Å². The van der Waals surface area contributed by atoms with E-state index in [9.17, 15) is 4.79 Å². The van der Waals surface area contributed by atoms with Gasteiger partial charge in [-0.05, 0) is 29.5 Å². The molecule has 1 unspecified atom stereocenters. The largest absolute Gasteiger partial charge is 0.341 e. The minimum atomic E-state index is 0.137. The number of nitrogens with two attached hydrogens (primary N) is 1. The highest BCUT2D eigenvalue weighted by atomic mass is 16.2. The molecular weight excluding hydrogens is 272 g/mol. The lowest BCUT2D eigenvalue weighted by atomic mass is 10.0. The number of amides is 1. The molecule has 2 aromatic carbocycles. The Labute approximate surface area is 131 Å². The second kappa shape index (κ2) is 6.75. The van der Waals surface area contributed by atoms with Gasteiger partial charge in [0.2, 0.25) is 5.91 Å². The summed E-state index contributed by atoms with van der Waals surface area (Å²) in [6.07, 6.45) is 2.50. The van der Waals surface area contributed by atoms with E-state index in [2.05, 4.69) is 24.3 Å². The average molecular weight is 294 g/mol. The Bertz CT molecular complexity index is 622. The molecule has 3 rings (SSSR count). The average Bonchev–Trinajstić information content (AvgIpc) is 2.56. The topological polar surface area (TPSA) is 46.3 Å². The Hall–Kier alpha value is -2.13. The Balaban J connectivity index is 1.65. The van der Waals surface area contributed by atoms with E-state index in [0.717, 1.165) is 24.9 Å². The van der Waals surface area contributed by atoms with Crippen LogP contribution in [0.4, 0.5) is 0 Å². The first-order chi connectivity index (χ1) is 10.7. The van der Waals surface area contributed by atoms with Crippen molar-refractivity contribution in [1.82, 2.24) is 4.90 Å². The fourth-order valence-electron chi connectivity index (χ4n) is 2.97. The number of carbonyl (C=O) groups excluding carboxylic acids is 1. The molecular formula is C19H22N2O. The third-order valence-electron chi connectivity index (χ3n) is 4.23. The van der Waals surface area contributed by atoms with Crippen molar-refractivity contribution < 1.29 is 4.79 Å². The van der Waals surface area contributed by atoms with Crippen molar-refractivity contribution in [2.24, 2.45) is 5.73 Å². The van der Waals surface area contributed by atoms with Gasteiger partial charge in [0.05, 0.1) is 6.42 Å². The molecule has 0 aromatic heterocycles. The van der Waals surface area contributed by atoms with Crippen LogP contribution in [0.5, 0.6) is 0 Å². The molecule has 3 nitrogen and oxygen atoms in total. The van der Waals surface area contributed by atoms with Crippen LogP contribution in [0, 0.1) is 0 Å². The van der Waals surface area contributed by atoms with Crippen LogP contribution in [0.3, 0.4) is 0 Å². The number of hydrogen-bond donors (Lipinski definition) is 1. The minimum Gasteiger partial charge on any atom is -0.341 e. The minimum absolute atomic E-state index is 0.137. The normalized spacial score (nSPS) is 18.2. The van der Waals surface area contributed by atoms with Gasteiger partial charge in [-0.2, -0.15) is 0 Å². The maximum Gasteiger partial charge on any atom is 0.227 e. The third-order valence-corrected chi connectivity index (χ3v) is 4.23. The summed E-state index contributed by atoms with van der Waals surface area (Å²) < 4.78 is 0. The van der Waals surface area contributed by atoms with Crippen LogP contribution in [0.1, 0.15) is 18.4 Å². The summed E-state index contributed by atoms with van der Waals surface area (Å²) in [5.74, 6) is 0.183. The van der Waals surface area contributed by atoms with Gasteiger partial charge in [0, 0.05) is 19.1 Å². The molecule has 0 aliphatic carbocycles. The van der Waals surface area contributed by atoms with Crippen molar-refractivity contribution in [3.63, 3.8) is 0 Å². The standard InChI is InChI=1S/C19H22N2O/c20-18-7-4-12-21(14-18)19(22)13-15-8-10-17(11-9-15)16-5-2-1-3-6-16/h1-3,5-6,8-11,18H,4,7,12-14,20H2. The molecule has 114 valence electrons. The van der Waals surface area contributed by atoms with Gasteiger partial charge < -0.3 is 10.6 Å². The van der Waals surface area contributed by atoms with Crippen LogP contribution in [0.2, 0.25) is 0 Å². The lowest BCUT2D eigenvalue weighted by Gasteiger charge is -2.30. The Kier molecular flexibility index (Phi) is 4.54. The zero-order chi connectivity index (χ0) is 15.4. The van der Waals surface area contributed by atoms with Gasteiger partial charge in [0.1, 0.15) is 0 Å². The number of hydrogen-bond acceptors (Lipinski definition) is 2. The Morgan fingerprint density at radius 1 is 1.05 bits per heavy atom. The molecule has 1 aliphatic heterocycles. The molecule has 3 heteroatoms. The van der Waals surface area contributed by atoms with Crippen molar-refractivity contribution >= 4 is 5.91 Å². The summed E-state index contributed by atoms with van der Waals surface area (Å²) >= 11 is 0. The second-order valence-corrected chi connectivity index (χ2v) is 5.98. The van der Waals surface area contributed by atoms with Gasteiger partial charge >= 0.3 is 0 Å². The maximum atomic E-state index is 12.3. The Morgan fingerprint density at radius 2 is 1.73 bits per heavy atom. The smallest absolute Gasteiger partial charge is 0.227 e. The molecule has 1 amide bonds. The lowest BCUT2D eigenvalue weighted by molar-refractivity contribution is -0.131. The molecule has 22 heavy (non-hydrogen) atoms.